The summed E-state index contributed by atoms with van der Waals surface area (Å²) in [7, 11) is 0. The van der Waals surface area contributed by atoms with Gasteiger partial charge in [-0.05, 0) is 49.4 Å². The maximum absolute atomic E-state index is 12.3. The number of benzene rings is 1. The SMILES string of the molecule is CC[C@H](C)c1ccc(NC(=O)CSCc2nc3sc(C)c(C)c3c(=O)[nH]2)cc1. The lowest BCUT2D eigenvalue weighted by Gasteiger charge is -2.10. The molecule has 2 aromatic heterocycles. The second-order valence-corrected chi connectivity index (χ2v) is 9.14. The minimum Gasteiger partial charge on any atom is -0.325 e. The van der Waals surface area contributed by atoms with E-state index in [1.807, 2.05) is 26.0 Å². The molecule has 7 heteroatoms. The van der Waals surface area contributed by atoms with Gasteiger partial charge in [-0.25, -0.2) is 4.98 Å². The van der Waals surface area contributed by atoms with E-state index in [0.29, 0.717) is 28.6 Å². The van der Waals surface area contributed by atoms with Gasteiger partial charge in [-0.15, -0.1) is 23.1 Å². The highest BCUT2D eigenvalue weighted by Crippen LogP contribution is 2.26. The van der Waals surface area contributed by atoms with Gasteiger partial charge in [-0.2, -0.15) is 0 Å². The zero-order valence-corrected chi connectivity index (χ0v) is 18.2. The number of thioether (sulfide) groups is 1. The molecule has 1 atom stereocenters. The highest BCUT2D eigenvalue weighted by atomic mass is 32.2. The molecule has 0 aliphatic carbocycles. The number of anilines is 1. The van der Waals surface area contributed by atoms with Crippen LogP contribution < -0.4 is 10.9 Å². The lowest BCUT2D eigenvalue weighted by atomic mass is 9.99. The molecule has 3 aromatic rings. The summed E-state index contributed by atoms with van der Waals surface area (Å²) < 4.78 is 0. The van der Waals surface area contributed by atoms with Crippen molar-refractivity contribution in [2.24, 2.45) is 0 Å². The quantitative estimate of drug-likeness (QED) is 0.570. The van der Waals surface area contributed by atoms with Crippen LogP contribution in [0, 0.1) is 13.8 Å². The van der Waals surface area contributed by atoms with Crippen LogP contribution in [0.3, 0.4) is 0 Å². The molecule has 0 spiro atoms. The molecule has 0 unspecified atom stereocenters. The largest absolute Gasteiger partial charge is 0.325 e. The summed E-state index contributed by atoms with van der Waals surface area (Å²) in [6, 6.07) is 8.01. The third kappa shape index (κ3) is 4.64. The zero-order chi connectivity index (χ0) is 20.3. The molecule has 0 saturated carbocycles. The van der Waals surface area contributed by atoms with Gasteiger partial charge in [0.25, 0.3) is 5.56 Å². The Bertz CT molecular complexity index is 1040. The van der Waals surface area contributed by atoms with E-state index >= 15 is 0 Å². The van der Waals surface area contributed by atoms with Crippen molar-refractivity contribution in [1.29, 1.82) is 0 Å². The molecular formula is C21H25N3O2S2. The van der Waals surface area contributed by atoms with Crippen LogP contribution >= 0.6 is 23.1 Å². The molecule has 0 radical (unpaired) electrons. The Balaban J connectivity index is 1.55. The molecule has 148 valence electrons. The Morgan fingerprint density at radius 1 is 1.29 bits per heavy atom. The van der Waals surface area contributed by atoms with Crippen LogP contribution in [0.4, 0.5) is 5.69 Å². The number of aryl methyl sites for hydroxylation is 2. The number of hydrogen-bond acceptors (Lipinski definition) is 5. The van der Waals surface area contributed by atoms with Crippen molar-refractivity contribution in [3.8, 4) is 0 Å². The van der Waals surface area contributed by atoms with Gasteiger partial charge in [-0.3, -0.25) is 9.59 Å². The summed E-state index contributed by atoms with van der Waals surface area (Å²) in [5.74, 6) is 1.85. The fourth-order valence-corrected chi connectivity index (χ4v) is 4.67. The third-order valence-electron chi connectivity index (χ3n) is 4.94. The molecule has 1 amide bonds. The average molecular weight is 416 g/mol. The van der Waals surface area contributed by atoms with Crippen molar-refractivity contribution < 1.29 is 4.79 Å². The van der Waals surface area contributed by atoms with Crippen LogP contribution in [-0.4, -0.2) is 21.6 Å². The summed E-state index contributed by atoms with van der Waals surface area (Å²) in [4.78, 5) is 33.7. The summed E-state index contributed by atoms with van der Waals surface area (Å²) in [6.45, 7) is 8.30. The number of aromatic amines is 1. The molecule has 0 fully saturated rings. The Hall–Kier alpha value is -2.12. The molecular weight excluding hydrogens is 390 g/mol. The first-order chi connectivity index (χ1) is 13.4. The molecule has 1 aromatic carbocycles. The summed E-state index contributed by atoms with van der Waals surface area (Å²) >= 11 is 2.97. The van der Waals surface area contributed by atoms with Crippen LogP contribution in [0.2, 0.25) is 0 Å². The fraction of sp³-hybridized carbons (Fsp3) is 0.381. The predicted octanol–water partition coefficient (Wildman–Crippen LogP) is 4.99. The van der Waals surface area contributed by atoms with Crippen molar-refractivity contribution in [3.63, 3.8) is 0 Å². The second kappa shape index (κ2) is 8.92. The van der Waals surface area contributed by atoms with Crippen LogP contribution in [0.15, 0.2) is 29.1 Å². The number of H-pyrrole nitrogens is 1. The van der Waals surface area contributed by atoms with E-state index in [4.69, 9.17) is 0 Å². The number of thiophene rings is 1. The maximum atomic E-state index is 12.3. The third-order valence-corrected chi connectivity index (χ3v) is 6.98. The van der Waals surface area contributed by atoms with Crippen LogP contribution in [0.25, 0.3) is 10.2 Å². The highest BCUT2D eigenvalue weighted by molar-refractivity contribution is 7.99. The number of fused-ring (bicyclic) bond motifs is 1. The zero-order valence-electron chi connectivity index (χ0n) is 16.6. The molecule has 0 bridgehead atoms. The van der Waals surface area contributed by atoms with E-state index in [9.17, 15) is 9.59 Å². The Labute approximate surface area is 173 Å². The van der Waals surface area contributed by atoms with Crippen molar-refractivity contribution in [2.45, 2.75) is 45.8 Å². The number of carbonyl (C=O) groups excluding carboxylic acids is 1. The smallest absolute Gasteiger partial charge is 0.259 e. The van der Waals surface area contributed by atoms with E-state index in [1.165, 1.54) is 28.7 Å². The number of nitrogens with zero attached hydrogens (tertiary/aromatic N) is 1. The number of aromatic nitrogens is 2. The lowest BCUT2D eigenvalue weighted by Crippen LogP contribution is -2.15. The first kappa shape index (κ1) is 20.6. The van der Waals surface area contributed by atoms with Gasteiger partial charge in [0.1, 0.15) is 10.7 Å². The van der Waals surface area contributed by atoms with Crippen molar-refractivity contribution in [2.75, 3.05) is 11.1 Å². The monoisotopic (exact) mass is 415 g/mol. The minimum atomic E-state index is -0.103. The van der Waals surface area contributed by atoms with Gasteiger partial charge < -0.3 is 10.3 Å². The van der Waals surface area contributed by atoms with E-state index in [0.717, 1.165) is 27.4 Å². The first-order valence-electron chi connectivity index (χ1n) is 9.35. The lowest BCUT2D eigenvalue weighted by molar-refractivity contribution is -0.113. The van der Waals surface area contributed by atoms with Gasteiger partial charge in [0.15, 0.2) is 0 Å². The van der Waals surface area contributed by atoms with E-state index in [-0.39, 0.29) is 11.5 Å². The van der Waals surface area contributed by atoms with Gasteiger partial charge in [0.05, 0.1) is 16.9 Å². The van der Waals surface area contributed by atoms with E-state index in [1.54, 1.807) is 0 Å². The number of rotatable bonds is 7. The molecule has 28 heavy (non-hydrogen) atoms. The number of carbonyl (C=O) groups is 1. The number of amides is 1. The van der Waals surface area contributed by atoms with Gasteiger partial charge in [0.2, 0.25) is 5.91 Å². The molecule has 0 aliphatic rings. The molecule has 2 heterocycles. The minimum absolute atomic E-state index is 0.0625. The molecule has 0 aliphatic heterocycles. The number of nitrogens with one attached hydrogen (secondary N) is 2. The van der Waals surface area contributed by atoms with Gasteiger partial charge in [0, 0.05) is 10.6 Å². The summed E-state index contributed by atoms with van der Waals surface area (Å²) in [5.41, 5.74) is 2.97. The first-order valence-corrected chi connectivity index (χ1v) is 11.3. The molecule has 2 N–H and O–H groups in total. The molecule has 0 saturated heterocycles. The topological polar surface area (TPSA) is 74.8 Å². The van der Waals surface area contributed by atoms with Crippen LogP contribution in [-0.2, 0) is 10.5 Å². The fourth-order valence-electron chi connectivity index (χ4n) is 2.94. The predicted molar refractivity (Wildman–Crippen MR) is 120 cm³/mol. The summed E-state index contributed by atoms with van der Waals surface area (Å²) in [5, 5.41) is 3.59. The van der Waals surface area contributed by atoms with E-state index in [2.05, 4.69) is 41.3 Å². The van der Waals surface area contributed by atoms with E-state index < -0.39 is 0 Å². The Morgan fingerprint density at radius 2 is 2.00 bits per heavy atom. The molecule has 3 rings (SSSR count). The van der Waals surface area contributed by atoms with Crippen LogP contribution in [0.1, 0.15) is 48.0 Å². The second-order valence-electron chi connectivity index (χ2n) is 6.95. The normalized spacial score (nSPS) is 12.3. The standard InChI is InChI=1S/C21H25N3O2S2/c1-5-12(2)15-6-8-16(9-7-15)22-18(25)11-27-10-17-23-20(26)19-13(3)14(4)28-21(19)24-17/h6-9,12H,5,10-11H2,1-4H3,(H,22,25)(H,23,24,26)/t12-/m0/s1. The number of hydrogen-bond donors (Lipinski definition) is 2. The molecule has 5 nitrogen and oxygen atoms in total. The highest BCUT2D eigenvalue weighted by Gasteiger charge is 2.12. The van der Waals surface area contributed by atoms with Crippen LogP contribution in [0.5, 0.6) is 0 Å². The van der Waals surface area contributed by atoms with Crippen molar-refractivity contribution in [3.05, 3.63) is 56.4 Å². The average Bonchev–Trinajstić information content (AvgIpc) is 2.96. The maximum Gasteiger partial charge on any atom is 0.259 e. The van der Waals surface area contributed by atoms with Gasteiger partial charge in [-0.1, -0.05) is 26.0 Å². The van der Waals surface area contributed by atoms with Crippen molar-refractivity contribution in [1.82, 2.24) is 9.97 Å². The van der Waals surface area contributed by atoms with Gasteiger partial charge >= 0.3 is 0 Å². The van der Waals surface area contributed by atoms with Crippen molar-refractivity contribution >= 4 is 44.9 Å². The Morgan fingerprint density at radius 3 is 2.68 bits per heavy atom. The Kier molecular flexibility index (Phi) is 6.57. The summed E-state index contributed by atoms with van der Waals surface area (Å²) in [6.07, 6.45) is 1.09.